The van der Waals surface area contributed by atoms with E-state index in [9.17, 15) is 0 Å². The van der Waals surface area contributed by atoms with Crippen LogP contribution >= 0.6 is 0 Å². The summed E-state index contributed by atoms with van der Waals surface area (Å²) in [5, 5.41) is 2.21. The average molecular weight is 605 g/mol. The first-order valence-corrected chi connectivity index (χ1v) is 15.5. The van der Waals surface area contributed by atoms with E-state index in [0.29, 0.717) is 17.6 Å². The lowest BCUT2D eigenvalue weighted by molar-refractivity contribution is 0.669. The molecule has 7 heteroatoms. The van der Waals surface area contributed by atoms with Crippen LogP contribution in [0.3, 0.4) is 0 Å². The highest BCUT2D eigenvalue weighted by atomic mass is 16.3. The van der Waals surface area contributed by atoms with Crippen molar-refractivity contribution in [3.05, 3.63) is 146 Å². The second-order valence-electron chi connectivity index (χ2n) is 11.6. The van der Waals surface area contributed by atoms with Crippen LogP contribution in [0.15, 0.2) is 150 Å². The van der Waals surface area contributed by atoms with Crippen LogP contribution in [0.2, 0.25) is 0 Å². The number of hydrogen-bond acceptors (Lipinski definition) is 5. The van der Waals surface area contributed by atoms with Crippen LogP contribution in [0.25, 0.3) is 89.6 Å². The third-order valence-corrected chi connectivity index (χ3v) is 8.80. The van der Waals surface area contributed by atoms with Crippen molar-refractivity contribution in [2.24, 2.45) is 0 Å². The van der Waals surface area contributed by atoms with Crippen LogP contribution in [-0.2, 0) is 0 Å². The summed E-state index contributed by atoms with van der Waals surface area (Å²) in [7, 11) is 0. The van der Waals surface area contributed by atoms with Gasteiger partial charge in [-0.2, -0.15) is 9.97 Å². The highest BCUT2D eigenvalue weighted by Crippen LogP contribution is 2.36. The molecular weight excluding hydrogens is 580 g/mol. The van der Waals surface area contributed by atoms with Gasteiger partial charge in [0.2, 0.25) is 11.7 Å². The second kappa shape index (κ2) is 9.95. The maximum atomic E-state index is 6.11. The van der Waals surface area contributed by atoms with Crippen LogP contribution in [0.1, 0.15) is 0 Å². The Bertz CT molecular complexity index is 2740. The summed E-state index contributed by atoms with van der Waals surface area (Å²) in [6.45, 7) is 0. The highest BCUT2D eigenvalue weighted by molar-refractivity contribution is 6.06. The standard InChI is InChI=1S/C40H24N6O/c1-3-11-25(12-4-1)37-42-38(26-13-5-2-6-14-26)44-39(43-37)46-33-21-19-28(24-34(33)45-32-17-9-8-16-31(32)41-40(45)46)27-20-22-36-30(23-27)29-15-7-10-18-35(29)47-36/h1-24H. The van der Waals surface area contributed by atoms with Crippen molar-refractivity contribution >= 4 is 49.8 Å². The van der Waals surface area contributed by atoms with Gasteiger partial charge in [-0.15, -0.1) is 0 Å². The van der Waals surface area contributed by atoms with E-state index in [-0.39, 0.29) is 0 Å². The average Bonchev–Trinajstić information content (AvgIpc) is 3.80. The normalized spacial score (nSPS) is 11.8. The first kappa shape index (κ1) is 25.7. The molecule has 0 aliphatic carbocycles. The molecule has 10 aromatic rings. The van der Waals surface area contributed by atoms with Gasteiger partial charge in [-0.05, 0) is 53.6 Å². The van der Waals surface area contributed by atoms with E-state index < -0.39 is 0 Å². The van der Waals surface area contributed by atoms with Crippen molar-refractivity contribution in [3.63, 3.8) is 0 Å². The van der Waals surface area contributed by atoms with Crippen molar-refractivity contribution in [3.8, 4) is 39.9 Å². The maximum absolute atomic E-state index is 6.11. The van der Waals surface area contributed by atoms with Gasteiger partial charge in [0.15, 0.2) is 11.6 Å². The molecule has 47 heavy (non-hydrogen) atoms. The summed E-state index contributed by atoms with van der Waals surface area (Å²) in [6.07, 6.45) is 0. The van der Waals surface area contributed by atoms with Gasteiger partial charge < -0.3 is 4.42 Å². The second-order valence-corrected chi connectivity index (χ2v) is 11.6. The molecule has 10 rings (SSSR count). The third kappa shape index (κ3) is 4.00. The molecule has 0 aliphatic heterocycles. The van der Waals surface area contributed by atoms with Crippen LogP contribution < -0.4 is 0 Å². The van der Waals surface area contributed by atoms with Crippen molar-refractivity contribution in [1.82, 2.24) is 28.9 Å². The fraction of sp³-hybridized carbons (Fsp3) is 0. The molecule has 4 aromatic heterocycles. The van der Waals surface area contributed by atoms with Gasteiger partial charge >= 0.3 is 0 Å². The van der Waals surface area contributed by atoms with E-state index >= 15 is 0 Å². The van der Waals surface area contributed by atoms with Crippen LogP contribution in [-0.4, -0.2) is 28.9 Å². The van der Waals surface area contributed by atoms with Crippen LogP contribution in [0, 0.1) is 0 Å². The third-order valence-electron chi connectivity index (χ3n) is 8.80. The molecular formula is C40H24N6O. The molecule has 0 unspecified atom stereocenters. The van der Waals surface area contributed by atoms with E-state index in [1.54, 1.807) is 0 Å². The van der Waals surface area contributed by atoms with Crippen LogP contribution in [0.5, 0.6) is 0 Å². The lowest BCUT2D eigenvalue weighted by Crippen LogP contribution is -2.06. The fourth-order valence-electron chi connectivity index (χ4n) is 6.58. The van der Waals surface area contributed by atoms with Crippen molar-refractivity contribution < 1.29 is 4.42 Å². The summed E-state index contributed by atoms with van der Waals surface area (Å²) >= 11 is 0. The molecule has 220 valence electrons. The van der Waals surface area contributed by atoms with Gasteiger partial charge in [0.05, 0.1) is 22.1 Å². The first-order valence-electron chi connectivity index (χ1n) is 15.5. The van der Waals surface area contributed by atoms with Gasteiger partial charge in [0.1, 0.15) is 11.2 Å². The summed E-state index contributed by atoms with van der Waals surface area (Å²) in [6, 6.07) is 49.4. The molecule has 6 aromatic carbocycles. The fourth-order valence-corrected chi connectivity index (χ4v) is 6.58. The monoisotopic (exact) mass is 604 g/mol. The lowest BCUT2D eigenvalue weighted by atomic mass is 10.0. The zero-order valence-electron chi connectivity index (χ0n) is 24.9. The zero-order valence-corrected chi connectivity index (χ0v) is 24.9. The minimum absolute atomic E-state index is 0.507. The molecule has 0 spiro atoms. The number of para-hydroxylation sites is 3. The highest BCUT2D eigenvalue weighted by Gasteiger charge is 2.21. The smallest absolute Gasteiger partial charge is 0.241 e. The maximum Gasteiger partial charge on any atom is 0.241 e. The molecule has 0 saturated carbocycles. The SMILES string of the molecule is c1ccc(-c2nc(-c3ccccc3)nc(-n3c4ccc(-c5ccc6oc7ccccc7c6c5)cc4n4c5ccccc5nc34)n2)cc1. The van der Waals surface area contributed by atoms with Gasteiger partial charge in [-0.25, -0.2) is 14.5 Å². The number of rotatable bonds is 4. The number of imidazole rings is 2. The molecule has 0 bridgehead atoms. The Morgan fingerprint density at radius 3 is 1.85 bits per heavy atom. The van der Waals surface area contributed by atoms with Gasteiger partial charge in [0, 0.05) is 21.9 Å². The van der Waals surface area contributed by atoms with Gasteiger partial charge in [0.25, 0.3) is 0 Å². The molecule has 0 fully saturated rings. The van der Waals surface area contributed by atoms with Crippen LogP contribution in [0.4, 0.5) is 0 Å². The van der Waals surface area contributed by atoms with Crippen molar-refractivity contribution in [2.75, 3.05) is 0 Å². The van der Waals surface area contributed by atoms with Gasteiger partial charge in [-0.3, -0.25) is 4.40 Å². The van der Waals surface area contributed by atoms with E-state index in [2.05, 4.69) is 52.9 Å². The number of fused-ring (bicyclic) bond motifs is 8. The van der Waals surface area contributed by atoms with E-state index in [1.807, 2.05) is 102 Å². The Morgan fingerprint density at radius 2 is 1.06 bits per heavy atom. The van der Waals surface area contributed by atoms with E-state index in [1.165, 1.54) is 0 Å². The minimum Gasteiger partial charge on any atom is -0.456 e. The van der Waals surface area contributed by atoms with Gasteiger partial charge in [-0.1, -0.05) is 103 Å². The Kier molecular flexibility index (Phi) is 5.44. The predicted molar refractivity (Wildman–Crippen MR) is 187 cm³/mol. The topological polar surface area (TPSA) is 74.0 Å². The molecule has 0 atom stereocenters. The molecule has 0 radical (unpaired) electrons. The van der Waals surface area contributed by atoms with E-state index in [4.69, 9.17) is 24.4 Å². The summed E-state index contributed by atoms with van der Waals surface area (Å²) in [4.78, 5) is 20.1. The predicted octanol–water partition coefficient (Wildman–Crippen LogP) is 9.52. The van der Waals surface area contributed by atoms with E-state index in [0.717, 1.165) is 72.0 Å². The number of furan rings is 1. The summed E-state index contributed by atoms with van der Waals surface area (Å²) < 4.78 is 10.4. The molecule has 0 amide bonds. The largest absolute Gasteiger partial charge is 0.456 e. The quantitative estimate of drug-likeness (QED) is 0.200. The molecule has 0 N–H and O–H groups in total. The Morgan fingerprint density at radius 1 is 0.426 bits per heavy atom. The minimum atomic E-state index is 0.507. The molecule has 0 saturated heterocycles. The first-order chi connectivity index (χ1) is 23.3. The zero-order chi connectivity index (χ0) is 30.9. The lowest BCUT2D eigenvalue weighted by Gasteiger charge is -2.10. The summed E-state index contributed by atoms with van der Waals surface area (Å²) in [5.74, 6) is 2.44. The number of aromatic nitrogens is 6. The number of nitrogens with zero attached hydrogens (tertiary/aromatic N) is 6. The molecule has 0 aliphatic rings. The Labute approximate surface area is 268 Å². The summed E-state index contributed by atoms with van der Waals surface area (Å²) in [5.41, 5.74) is 9.66. The van der Waals surface area contributed by atoms with Crippen molar-refractivity contribution in [2.45, 2.75) is 0 Å². The van der Waals surface area contributed by atoms with Crippen molar-refractivity contribution in [1.29, 1.82) is 0 Å². The number of hydrogen-bond donors (Lipinski definition) is 0. The molecule has 4 heterocycles. The Hall–Kier alpha value is -6.60. The molecule has 7 nitrogen and oxygen atoms in total. The Balaban J connectivity index is 1.25. The number of benzene rings is 6.